The average molecular weight is 266 g/mol. The molecular weight excluding hydrogens is 248 g/mol. The fourth-order valence-corrected chi connectivity index (χ4v) is 3.12. The van der Waals surface area contributed by atoms with E-state index in [0.29, 0.717) is 12.0 Å². The number of hydrogen-bond acceptors (Lipinski definition) is 4. The summed E-state index contributed by atoms with van der Waals surface area (Å²) in [5, 5.41) is 9.29. The first-order valence-electron chi connectivity index (χ1n) is 6.61. The summed E-state index contributed by atoms with van der Waals surface area (Å²) >= 11 is 1.47. The lowest BCUT2D eigenvalue weighted by Gasteiger charge is -2.12. The minimum Gasteiger partial charge on any atom is -0.369 e. The first-order valence-corrected chi connectivity index (χ1v) is 7.49. The fraction of sp³-hybridized carbons (Fsp3) is 0.750. The predicted octanol–water partition coefficient (Wildman–Crippen LogP) is 1.85. The normalized spacial score (nSPS) is 20.9. The van der Waals surface area contributed by atoms with Crippen LogP contribution in [0.25, 0.3) is 0 Å². The van der Waals surface area contributed by atoms with E-state index in [4.69, 9.17) is 5.73 Å². The zero-order valence-corrected chi connectivity index (χ0v) is 11.3. The number of rotatable bonds is 6. The van der Waals surface area contributed by atoms with Crippen molar-refractivity contribution < 1.29 is 4.79 Å². The lowest BCUT2D eigenvalue weighted by atomic mass is 10.3. The molecule has 0 radical (unpaired) electrons. The number of carbonyl (C=O) groups is 1. The summed E-state index contributed by atoms with van der Waals surface area (Å²) in [6, 6.07) is 0.559. The highest BCUT2D eigenvalue weighted by atomic mass is 32.2. The third-order valence-electron chi connectivity index (χ3n) is 3.48. The summed E-state index contributed by atoms with van der Waals surface area (Å²) in [5.74, 6) is 1.46. The van der Waals surface area contributed by atoms with Crippen LogP contribution in [-0.4, -0.2) is 25.9 Å². The van der Waals surface area contributed by atoms with Gasteiger partial charge in [0.15, 0.2) is 5.16 Å². The van der Waals surface area contributed by atoms with Crippen molar-refractivity contribution in [3.63, 3.8) is 0 Å². The van der Waals surface area contributed by atoms with Crippen molar-refractivity contribution >= 4 is 17.7 Å². The molecule has 18 heavy (non-hydrogen) atoms. The molecular formula is C12H18N4OS. The molecule has 2 fully saturated rings. The van der Waals surface area contributed by atoms with Gasteiger partial charge in [0.2, 0.25) is 5.91 Å². The van der Waals surface area contributed by atoms with Gasteiger partial charge in [-0.05, 0) is 32.1 Å². The summed E-state index contributed by atoms with van der Waals surface area (Å²) in [6.07, 6.45) is 5.60. The van der Waals surface area contributed by atoms with E-state index < -0.39 is 0 Å². The third-order valence-corrected chi connectivity index (χ3v) is 4.82. The number of amides is 1. The lowest BCUT2D eigenvalue weighted by molar-refractivity contribution is -0.117. The van der Waals surface area contributed by atoms with Crippen LogP contribution in [-0.2, 0) is 4.79 Å². The molecule has 1 aromatic heterocycles. The molecule has 2 N–H and O–H groups in total. The van der Waals surface area contributed by atoms with Crippen LogP contribution >= 0.6 is 11.8 Å². The molecule has 2 saturated carbocycles. The Morgan fingerprint density at radius 2 is 2.17 bits per heavy atom. The van der Waals surface area contributed by atoms with Crippen molar-refractivity contribution in [2.24, 2.45) is 5.73 Å². The van der Waals surface area contributed by atoms with Crippen LogP contribution in [0.5, 0.6) is 0 Å². The summed E-state index contributed by atoms with van der Waals surface area (Å²) in [5.41, 5.74) is 5.40. The molecule has 1 heterocycles. The SMILES string of the molecule is CC[C@H](Sc1nnc(C2CC2)n1C1CC1)C(N)=O. The number of primary amides is 1. The summed E-state index contributed by atoms with van der Waals surface area (Å²) in [4.78, 5) is 11.3. The van der Waals surface area contributed by atoms with Gasteiger partial charge in [0, 0.05) is 12.0 Å². The first kappa shape index (κ1) is 12.0. The molecule has 0 aromatic carbocycles. The molecule has 0 aliphatic heterocycles. The second kappa shape index (κ2) is 4.57. The van der Waals surface area contributed by atoms with Gasteiger partial charge >= 0.3 is 0 Å². The van der Waals surface area contributed by atoms with Crippen molar-refractivity contribution in [2.75, 3.05) is 0 Å². The largest absolute Gasteiger partial charge is 0.369 e. The Morgan fingerprint density at radius 1 is 1.44 bits per heavy atom. The number of aromatic nitrogens is 3. The lowest BCUT2D eigenvalue weighted by Crippen LogP contribution is -2.25. The molecule has 98 valence electrons. The van der Waals surface area contributed by atoms with Crippen LogP contribution in [0.15, 0.2) is 5.16 Å². The Balaban J connectivity index is 1.84. The third kappa shape index (κ3) is 2.25. The Kier molecular flexibility index (Phi) is 3.05. The van der Waals surface area contributed by atoms with E-state index in [1.54, 1.807) is 0 Å². The minimum atomic E-state index is -0.263. The summed E-state index contributed by atoms with van der Waals surface area (Å²) in [6.45, 7) is 1.97. The molecule has 6 heteroatoms. The van der Waals surface area contributed by atoms with Crippen molar-refractivity contribution in [1.82, 2.24) is 14.8 Å². The Labute approximate surface area is 111 Å². The smallest absolute Gasteiger partial charge is 0.231 e. The number of carbonyl (C=O) groups excluding carboxylic acids is 1. The molecule has 0 unspecified atom stereocenters. The Morgan fingerprint density at radius 3 is 2.67 bits per heavy atom. The highest BCUT2D eigenvalue weighted by molar-refractivity contribution is 8.00. The maximum absolute atomic E-state index is 11.3. The highest BCUT2D eigenvalue weighted by Crippen LogP contribution is 2.46. The van der Waals surface area contributed by atoms with E-state index >= 15 is 0 Å². The van der Waals surface area contributed by atoms with E-state index in [1.807, 2.05) is 6.92 Å². The molecule has 5 nitrogen and oxygen atoms in total. The van der Waals surface area contributed by atoms with Gasteiger partial charge in [-0.15, -0.1) is 10.2 Å². The molecule has 2 aliphatic carbocycles. The van der Waals surface area contributed by atoms with E-state index in [9.17, 15) is 4.79 Å². The van der Waals surface area contributed by atoms with E-state index in [-0.39, 0.29) is 11.2 Å². The zero-order chi connectivity index (χ0) is 12.7. The van der Waals surface area contributed by atoms with Crippen LogP contribution in [0, 0.1) is 0 Å². The standard InChI is InChI=1S/C12H18N4OS/c1-2-9(10(13)17)18-12-15-14-11(7-3-4-7)16(12)8-5-6-8/h7-9H,2-6H2,1H3,(H2,13,17)/t9-/m0/s1. The quantitative estimate of drug-likeness (QED) is 0.797. The minimum absolute atomic E-state index is 0.196. The van der Waals surface area contributed by atoms with Gasteiger partial charge in [-0.25, -0.2) is 0 Å². The summed E-state index contributed by atoms with van der Waals surface area (Å²) < 4.78 is 2.26. The van der Waals surface area contributed by atoms with Gasteiger partial charge in [-0.2, -0.15) is 0 Å². The molecule has 2 aliphatic rings. The van der Waals surface area contributed by atoms with Gasteiger partial charge in [-0.3, -0.25) is 4.79 Å². The predicted molar refractivity (Wildman–Crippen MR) is 69.4 cm³/mol. The van der Waals surface area contributed by atoms with Crippen LogP contribution in [0.3, 0.4) is 0 Å². The molecule has 0 spiro atoms. The Hall–Kier alpha value is -1.04. The maximum Gasteiger partial charge on any atom is 0.231 e. The molecule has 0 bridgehead atoms. The molecule has 1 aromatic rings. The zero-order valence-electron chi connectivity index (χ0n) is 10.5. The number of nitrogens with two attached hydrogens (primary N) is 1. The van der Waals surface area contributed by atoms with Gasteiger partial charge in [0.25, 0.3) is 0 Å². The van der Waals surface area contributed by atoms with Gasteiger partial charge < -0.3 is 10.3 Å². The average Bonchev–Trinajstić information content (AvgIpc) is 3.24. The molecule has 1 atom stereocenters. The van der Waals surface area contributed by atoms with Crippen LogP contribution < -0.4 is 5.73 Å². The van der Waals surface area contributed by atoms with Crippen LogP contribution in [0.4, 0.5) is 0 Å². The van der Waals surface area contributed by atoms with Gasteiger partial charge in [-0.1, -0.05) is 18.7 Å². The number of nitrogens with zero attached hydrogens (tertiary/aromatic N) is 3. The van der Waals surface area contributed by atoms with E-state index in [2.05, 4.69) is 14.8 Å². The van der Waals surface area contributed by atoms with E-state index in [1.165, 1.54) is 37.4 Å². The molecule has 1 amide bonds. The topological polar surface area (TPSA) is 73.8 Å². The van der Waals surface area contributed by atoms with Gasteiger partial charge in [0.05, 0.1) is 5.25 Å². The van der Waals surface area contributed by atoms with Crippen molar-refractivity contribution in [3.8, 4) is 0 Å². The highest BCUT2D eigenvalue weighted by Gasteiger charge is 2.37. The van der Waals surface area contributed by atoms with Crippen molar-refractivity contribution in [2.45, 2.75) is 61.4 Å². The van der Waals surface area contributed by atoms with Crippen LogP contribution in [0.2, 0.25) is 0 Å². The van der Waals surface area contributed by atoms with E-state index in [0.717, 1.165) is 17.4 Å². The fourth-order valence-electron chi connectivity index (χ4n) is 2.13. The second-order valence-electron chi connectivity index (χ2n) is 5.13. The monoisotopic (exact) mass is 266 g/mol. The summed E-state index contributed by atoms with van der Waals surface area (Å²) in [7, 11) is 0. The van der Waals surface area contributed by atoms with Crippen LogP contribution in [0.1, 0.15) is 56.8 Å². The number of thioether (sulfide) groups is 1. The second-order valence-corrected chi connectivity index (χ2v) is 6.30. The Bertz CT molecular complexity index is 465. The molecule has 0 saturated heterocycles. The first-order chi connectivity index (χ1) is 8.70. The number of hydrogen-bond donors (Lipinski definition) is 1. The van der Waals surface area contributed by atoms with Gasteiger partial charge in [0.1, 0.15) is 5.82 Å². The van der Waals surface area contributed by atoms with Crippen molar-refractivity contribution in [1.29, 1.82) is 0 Å². The molecule has 3 rings (SSSR count). The van der Waals surface area contributed by atoms with Crippen molar-refractivity contribution in [3.05, 3.63) is 5.82 Å². The maximum atomic E-state index is 11.3.